The molecule has 0 aliphatic heterocycles. The first-order valence-corrected chi connectivity index (χ1v) is 9.04. The average Bonchev–Trinajstić information content (AvgIpc) is 2.75. The minimum absolute atomic E-state index is 0.0162. The minimum Gasteiger partial charge on any atom is -0.496 e. The maximum atomic E-state index is 12.5. The van der Waals surface area contributed by atoms with Gasteiger partial charge in [-0.3, -0.25) is 20.2 Å². The summed E-state index contributed by atoms with van der Waals surface area (Å²) in [5, 5.41) is 17.1. The van der Waals surface area contributed by atoms with Crippen molar-refractivity contribution in [3.8, 4) is 5.75 Å². The number of methoxy groups -OCH3 is 1. The number of carbonyl (C=O) groups is 1. The molecule has 0 aromatic heterocycles. The zero-order valence-corrected chi connectivity index (χ0v) is 15.9. The van der Waals surface area contributed by atoms with Crippen LogP contribution in [0.25, 0.3) is 0 Å². The van der Waals surface area contributed by atoms with Crippen molar-refractivity contribution in [3.63, 3.8) is 0 Å². The monoisotopic (exact) mass is 391 g/mol. The zero-order chi connectivity index (χ0) is 20.6. The molecule has 0 fully saturated rings. The van der Waals surface area contributed by atoms with E-state index in [1.807, 2.05) is 60.7 Å². The Morgan fingerprint density at radius 3 is 2.10 bits per heavy atom. The Morgan fingerprint density at radius 1 is 1.00 bits per heavy atom. The maximum absolute atomic E-state index is 12.5. The van der Waals surface area contributed by atoms with Crippen LogP contribution < -0.4 is 15.4 Å². The molecule has 0 atom stereocenters. The number of nitro benzene ring substituents is 1. The molecule has 1 amide bonds. The Kier molecular flexibility index (Phi) is 6.55. The molecule has 7 nitrogen and oxygen atoms in total. The average molecular weight is 391 g/mol. The Morgan fingerprint density at radius 2 is 1.59 bits per heavy atom. The molecule has 0 saturated heterocycles. The van der Waals surface area contributed by atoms with Gasteiger partial charge in [-0.15, -0.1) is 0 Å². The number of hydrogen-bond acceptors (Lipinski definition) is 5. The molecule has 0 aliphatic carbocycles. The number of benzene rings is 3. The van der Waals surface area contributed by atoms with Crippen LogP contribution in [0.4, 0.5) is 11.4 Å². The summed E-state index contributed by atoms with van der Waals surface area (Å²) in [5.41, 5.74) is 1.93. The smallest absolute Gasteiger partial charge is 0.296 e. The summed E-state index contributed by atoms with van der Waals surface area (Å²) < 4.78 is 5.01. The van der Waals surface area contributed by atoms with Gasteiger partial charge in [-0.1, -0.05) is 60.7 Å². The summed E-state index contributed by atoms with van der Waals surface area (Å²) in [6.07, 6.45) is 0. The summed E-state index contributed by atoms with van der Waals surface area (Å²) in [6.45, 7) is -0.0162. The molecule has 0 spiro atoms. The second-order valence-corrected chi connectivity index (χ2v) is 6.32. The SMILES string of the molecule is COc1ccc(NC(=O)CNC(c2ccccc2)c2ccccc2)c([N+](=O)[O-])c1. The standard InChI is InChI=1S/C22H21N3O4/c1-29-18-12-13-19(20(14-18)25(27)28)24-21(26)15-23-22(16-8-4-2-5-9-16)17-10-6-3-7-11-17/h2-14,22-23H,15H2,1H3,(H,24,26). The van der Waals surface area contributed by atoms with E-state index in [1.54, 1.807) is 6.07 Å². The predicted molar refractivity (Wildman–Crippen MR) is 111 cm³/mol. The highest BCUT2D eigenvalue weighted by Crippen LogP contribution is 2.29. The minimum atomic E-state index is -0.553. The maximum Gasteiger partial charge on any atom is 0.296 e. The first-order chi connectivity index (χ1) is 14.1. The second kappa shape index (κ2) is 9.48. The van der Waals surface area contributed by atoms with Gasteiger partial charge in [-0.2, -0.15) is 0 Å². The van der Waals surface area contributed by atoms with Crippen LogP contribution in [-0.2, 0) is 4.79 Å². The van der Waals surface area contributed by atoms with E-state index in [0.29, 0.717) is 5.75 Å². The van der Waals surface area contributed by atoms with E-state index in [2.05, 4.69) is 10.6 Å². The largest absolute Gasteiger partial charge is 0.496 e. The summed E-state index contributed by atoms with van der Waals surface area (Å²) >= 11 is 0. The van der Waals surface area contributed by atoms with E-state index in [1.165, 1.54) is 19.2 Å². The van der Waals surface area contributed by atoms with Crippen molar-refractivity contribution >= 4 is 17.3 Å². The van der Waals surface area contributed by atoms with E-state index in [9.17, 15) is 14.9 Å². The van der Waals surface area contributed by atoms with Crippen LogP contribution in [0, 0.1) is 10.1 Å². The number of ether oxygens (including phenoxy) is 1. The highest BCUT2D eigenvalue weighted by molar-refractivity contribution is 5.94. The summed E-state index contributed by atoms with van der Waals surface area (Å²) in [7, 11) is 1.43. The van der Waals surface area contributed by atoms with Gasteiger partial charge in [0.2, 0.25) is 5.91 Å². The molecule has 0 heterocycles. The first kappa shape index (κ1) is 20.0. The third-order valence-electron chi connectivity index (χ3n) is 4.41. The molecule has 3 aromatic rings. The molecule has 29 heavy (non-hydrogen) atoms. The van der Waals surface area contributed by atoms with Crippen molar-refractivity contribution in [1.82, 2.24) is 5.32 Å². The highest BCUT2D eigenvalue weighted by atomic mass is 16.6. The predicted octanol–water partition coefficient (Wildman–Crippen LogP) is 3.92. The molecule has 0 bridgehead atoms. The number of nitro groups is 1. The quantitative estimate of drug-likeness (QED) is 0.448. The Hall–Kier alpha value is -3.71. The number of anilines is 1. The third-order valence-corrected chi connectivity index (χ3v) is 4.41. The fourth-order valence-corrected chi connectivity index (χ4v) is 3.00. The Bertz CT molecular complexity index is 938. The molecule has 3 aromatic carbocycles. The van der Waals surface area contributed by atoms with Gasteiger partial charge in [0.1, 0.15) is 11.4 Å². The van der Waals surface area contributed by atoms with Crippen molar-refractivity contribution in [2.24, 2.45) is 0 Å². The second-order valence-electron chi connectivity index (χ2n) is 6.32. The van der Waals surface area contributed by atoms with Crippen molar-refractivity contribution in [2.75, 3.05) is 19.0 Å². The number of carbonyl (C=O) groups excluding carboxylic acids is 1. The van der Waals surface area contributed by atoms with Crippen LogP contribution in [0.2, 0.25) is 0 Å². The van der Waals surface area contributed by atoms with Crippen LogP contribution in [0.3, 0.4) is 0 Å². The van der Waals surface area contributed by atoms with Gasteiger partial charge < -0.3 is 10.1 Å². The van der Waals surface area contributed by atoms with E-state index >= 15 is 0 Å². The molecule has 0 radical (unpaired) electrons. The van der Waals surface area contributed by atoms with Gasteiger partial charge in [-0.05, 0) is 23.3 Å². The van der Waals surface area contributed by atoms with Gasteiger partial charge >= 0.3 is 0 Å². The number of hydrogen-bond donors (Lipinski definition) is 2. The van der Waals surface area contributed by atoms with Crippen molar-refractivity contribution in [2.45, 2.75) is 6.04 Å². The highest BCUT2D eigenvalue weighted by Gasteiger charge is 2.19. The molecule has 2 N–H and O–H groups in total. The molecular weight excluding hydrogens is 370 g/mol. The van der Waals surface area contributed by atoms with Gasteiger partial charge in [0.15, 0.2) is 0 Å². The van der Waals surface area contributed by atoms with E-state index in [0.717, 1.165) is 11.1 Å². The Labute approximate surface area is 168 Å². The first-order valence-electron chi connectivity index (χ1n) is 9.04. The lowest BCUT2D eigenvalue weighted by molar-refractivity contribution is -0.384. The number of amides is 1. The van der Waals surface area contributed by atoms with Crippen LogP contribution in [0.1, 0.15) is 17.2 Å². The summed E-state index contributed by atoms with van der Waals surface area (Å²) in [4.78, 5) is 23.2. The molecule has 0 saturated carbocycles. The van der Waals surface area contributed by atoms with Crippen LogP contribution in [-0.4, -0.2) is 24.5 Å². The number of rotatable bonds is 8. The molecule has 3 rings (SSSR count). The van der Waals surface area contributed by atoms with Crippen molar-refractivity contribution in [3.05, 3.63) is 100 Å². The number of nitrogens with one attached hydrogen (secondary N) is 2. The zero-order valence-electron chi connectivity index (χ0n) is 15.9. The molecule has 0 unspecified atom stereocenters. The van der Waals surface area contributed by atoms with Crippen LogP contribution >= 0.6 is 0 Å². The van der Waals surface area contributed by atoms with Gasteiger partial charge in [-0.25, -0.2) is 0 Å². The number of nitrogens with zero attached hydrogens (tertiary/aromatic N) is 1. The summed E-state index contributed by atoms with van der Waals surface area (Å²) in [6, 6.07) is 23.7. The van der Waals surface area contributed by atoms with E-state index in [-0.39, 0.29) is 29.9 Å². The fraction of sp³-hybridized carbons (Fsp3) is 0.136. The van der Waals surface area contributed by atoms with Crippen LogP contribution in [0.15, 0.2) is 78.9 Å². The molecular formula is C22H21N3O4. The summed E-state index contributed by atoms with van der Waals surface area (Å²) in [5.74, 6) is -0.0313. The fourth-order valence-electron chi connectivity index (χ4n) is 3.00. The van der Waals surface area contributed by atoms with Crippen LogP contribution in [0.5, 0.6) is 5.75 Å². The van der Waals surface area contributed by atoms with Gasteiger partial charge in [0.25, 0.3) is 5.69 Å². The van der Waals surface area contributed by atoms with E-state index in [4.69, 9.17) is 4.74 Å². The van der Waals surface area contributed by atoms with E-state index < -0.39 is 4.92 Å². The lowest BCUT2D eigenvalue weighted by atomic mass is 9.99. The van der Waals surface area contributed by atoms with Crippen molar-refractivity contribution < 1.29 is 14.5 Å². The van der Waals surface area contributed by atoms with Gasteiger partial charge in [0, 0.05) is 0 Å². The van der Waals surface area contributed by atoms with Gasteiger partial charge in [0.05, 0.1) is 30.7 Å². The third kappa shape index (κ3) is 5.18. The lowest BCUT2D eigenvalue weighted by Gasteiger charge is -2.19. The normalized spacial score (nSPS) is 10.6. The molecule has 148 valence electrons. The topological polar surface area (TPSA) is 93.5 Å². The molecule has 0 aliphatic rings. The lowest BCUT2D eigenvalue weighted by Crippen LogP contribution is -2.32. The molecule has 7 heteroatoms. The Balaban J connectivity index is 1.74. The van der Waals surface area contributed by atoms with Crippen molar-refractivity contribution in [1.29, 1.82) is 0 Å².